The summed E-state index contributed by atoms with van der Waals surface area (Å²) in [6.07, 6.45) is -0.592. The molecule has 1 aliphatic rings. The Balaban J connectivity index is 1.44. The van der Waals surface area contributed by atoms with E-state index < -0.39 is 6.10 Å². The van der Waals surface area contributed by atoms with Crippen LogP contribution in [0.2, 0.25) is 0 Å². The number of benzene rings is 1. The number of hydrogen-bond donors (Lipinski definition) is 1. The van der Waals surface area contributed by atoms with Gasteiger partial charge < -0.3 is 24.4 Å². The number of nitrogens with one attached hydrogen (secondary N) is 1. The number of hydrogen-bond acceptors (Lipinski definition) is 7. The highest BCUT2D eigenvalue weighted by Crippen LogP contribution is 2.18. The first kappa shape index (κ1) is 20.9. The second kappa shape index (κ2) is 10.1. The van der Waals surface area contributed by atoms with Crippen molar-refractivity contribution in [2.75, 3.05) is 44.4 Å². The summed E-state index contributed by atoms with van der Waals surface area (Å²) in [5.41, 5.74) is 1.08. The zero-order valence-electron chi connectivity index (χ0n) is 17.2. The van der Waals surface area contributed by atoms with Crippen molar-refractivity contribution in [3.8, 4) is 11.6 Å². The molecule has 2 heterocycles. The van der Waals surface area contributed by atoms with Gasteiger partial charge in [0.15, 0.2) is 6.10 Å². The van der Waals surface area contributed by atoms with Crippen molar-refractivity contribution in [2.24, 2.45) is 0 Å². The highest BCUT2D eigenvalue weighted by molar-refractivity contribution is 5.80. The van der Waals surface area contributed by atoms with Crippen LogP contribution in [0.4, 0.5) is 5.82 Å². The summed E-state index contributed by atoms with van der Waals surface area (Å²) >= 11 is 0. The van der Waals surface area contributed by atoms with Crippen LogP contribution in [0.1, 0.15) is 18.3 Å². The predicted octanol–water partition coefficient (Wildman–Crippen LogP) is 1.89. The van der Waals surface area contributed by atoms with Gasteiger partial charge in [0.1, 0.15) is 24.0 Å². The number of amides is 1. The molecule has 8 nitrogen and oxygen atoms in total. The SMILES string of the molecule is Cc1cccc(OC(C)C(=O)NCCOc2cc(N3CCOCC3)nc(C)n2)c1. The first-order valence-corrected chi connectivity index (χ1v) is 9.83. The Morgan fingerprint density at radius 1 is 1.24 bits per heavy atom. The van der Waals surface area contributed by atoms with Crippen LogP contribution >= 0.6 is 0 Å². The van der Waals surface area contributed by atoms with E-state index in [0.29, 0.717) is 43.8 Å². The Morgan fingerprint density at radius 2 is 2.03 bits per heavy atom. The van der Waals surface area contributed by atoms with Crippen molar-refractivity contribution >= 4 is 11.7 Å². The summed E-state index contributed by atoms with van der Waals surface area (Å²) in [5.74, 6) is 2.46. The lowest BCUT2D eigenvalue weighted by molar-refractivity contribution is -0.127. The first-order valence-electron chi connectivity index (χ1n) is 9.83. The van der Waals surface area contributed by atoms with Gasteiger partial charge >= 0.3 is 0 Å². The van der Waals surface area contributed by atoms with Crippen LogP contribution in [0.25, 0.3) is 0 Å². The van der Waals surface area contributed by atoms with Crippen molar-refractivity contribution in [1.29, 1.82) is 0 Å². The molecule has 1 saturated heterocycles. The topological polar surface area (TPSA) is 85.8 Å². The van der Waals surface area contributed by atoms with Crippen LogP contribution < -0.4 is 19.7 Å². The van der Waals surface area contributed by atoms with Gasteiger partial charge in [0.2, 0.25) is 5.88 Å². The van der Waals surface area contributed by atoms with E-state index in [1.807, 2.05) is 44.2 Å². The molecule has 0 aliphatic carbocycles. The molecule has 0 saturated carbocycles. The van der Waals surface area contributed by atoms with Crippen LogP contribution in [0, 0.1) is 13.8 Å². The van der Waals surface area contributed by atoms with Crippen molar-refractivity contribution in [3.05, 3.63) is 41.7 Å². The van der Waals surface area contributed by atoms with E-state index in [1.54, 1.807) is 6.92 Å². The lowest BCUT2D eigenvalue weighted by Gasteiger charge is -2.28. The second-order valence-corrected chi connectivity index (χ2v) is 6.93. The van der Waals surface area contributed by atoms with Gasteiger partial charge in [-0.3, -0.25) is 4.79 Å². The Kier molecular flexibility index (Phi) is 7.24. The summed E-state index contributed by atoms with van der Waals surface area (Å²) in [4.78, 5) is 23.2. The van der Waals surface area contributed by atoms with Crippen LogP contribution in [0.15, 0.2) is 30.3 Å². The molecule has 156 valence electrons. The van der Waals surface area contributed by atoms with Crippen LogP contribution in [0.5, 0.6) is 11.6 Å². The maximum absolute atomic E-state index is 12.2. The van der Waals surface area contributed by atoms with Crippen molar-refractivity contribution < 1.29 is 19.0 Å². The van der Waals surface area contributed by atoms with Crippen LogP contribution in [-0.4, -0.2) is 61.4 Å². The highest BCUT2D eigenvalue weighted by atomic mass is 16.5. The third kappa shape index (κ3) is 6.32. The maximum Gasteiger partial charge on any atom is 0.260 e. The van der Waals surface area contributed by atoms with E-state index in [9.17, 15) is 4.79 Å². The highest BCUT2D eigenvalue weighted by Gasteiger charge is 2.16. The summed E-state index contributed by atoms with van der Waals surface area (Å²) in [6, 6.07) is 9.44. The van der Waals surface area contributed by atoms with E-state index in [0.717, 1.165) is 24.5 Å². The third-order valence-electron chi connectivity index (χ3n) is 4.46. The standard InChI is InChI=1S/C21H28N4O4/c1-15-5-4-6-18(13-15)29-16(2)21(26)22-7-10-28-20-14-19(23-17(3)24-20)25-8-11-27-12-9-25/h4-6,13-14,16H,7-12H2,1-3H3,(H,22,26). The fourth-order valence-electron chi connectivity index (χ4n) is 2.97. The van der Waals surface area contributed by atoms with Crippen molar-refractivity contribution in [3.63, 3.8) is 0 Å². The lowest BCUT2D eigenvalue weighted by atomic mass is 10.2. The largest absolute Gasteiger partial charge is 0.481 e. The molecule has 2 aromatic rings. The van der Waals surface area contributed by atoms with Crippen LogP contribution in [-0.2, 0) is 9.53 Å². The minimum atomic E-state index is -0.592. The quantitative estimate of drug-likeness (QED) is 0.677. The molecular formula is C21H28N4O4. The van der Waals surface area contributed by atoms with E-state index in [-0.39, 0.29) is 5.91 Å². The Bertz CT molecular complexity index is 824. The van der Waals surface area contributed by atoms with Gasteiger partial charge in [-0.05, 0) is 38.5 Å². The number of carbonyl (C=O) groups is 1. The molecule has 0 spiro atoms. The molecule has 1 fully saturated rings. The van der Waals surface area contributed by atoms with Crippen molar-refractivity contribution in [2.45, 2.75) is 26.9 Å². The summed E-state index contributed by atoms with van der Waals surface area (Å²) < 4.78 is 16.8. The first-order chi connectivity index (χ1) is 14.0. The summed E-state index contributed by atoms with van der Waals surface area (Å²) in [6.45, 7) is 9.17. The number of rotatable bonds is 8. The maximum atomic E-state index is 12.2. The summed E-state index contributed by atoms with van der Waals surface area (Å²) in [5, 5.41) is 2.82. The molecule has 1 aliphatic heterocycles. The lowest BCUT2D eigenvalue weighted by Crippen LogP contribution is -2.38. The third-order valence-corrected chi connectivity index (χ3v) is 4.46. The predicted molar refractivity (Wildman–Crippen MR) is 110 cm³/mol. The van der Waals surface area contributed by atoms with Gasteiger partial charge in [0.25, 0.3) is 5.91 Å². The van der Waals surface area contributed by atoms with Gasteiger partial charge in [0, 0.05) is 19.2 Å². The van der Waals surface area contributed by atoms with Gasteiger partial charge in [0.05, 0.1) is 19.8 Å². The van der Waals surface area contributed by atoms with E-state index in [2.05, 4.69) is 20.2 Å². The number of aryl methyl sites for hydroxylation is 2. The smallest absolute Gasteiger partial charge is 0.260 e. The molecule has 29 heavy (non-hydrogen) atoms. The minimum absolute atomic E-state index is 0.192. The number of ether oxygens (including phenoxy) is 3. The molecule has 0 bridgehead atoms. The summed E-state index contributed by atoms with van der Waals surface area (Å²) in [7, 11) is 0. The number of anilines is 1. The molecule has 3 rings (SSSR count). The monoisotopic (exact) mass is 400 g/mol. The fourth-order valence-corrected chi connectivity index (χ4v) is 2.97. The molecule has 1 atom stereocenters. The minimum Gasteiger partial charge on any atom is -0.481 e. The molecule has 1 N–H and O–H groups in total. The van der Waals surface area contributed by atoms with E-state index in [4.69, 9.17) is 14.2 Å². The van der Waals surface area contributed by atoms with Gasteiger partial charge in [-0.25, -0.2) is 4.98 Å². The van der Waals surface area contributed by atoms with Crippen molar-refractivity contribution in [1.82, 2.24) is 15.3 Å². The Hall–Kier alpha value is -2.87. The molecule has 1 aromatic heterocycles. The number of nitrogens with zero attached hydrogens (tertiary/aromatic N) is 3. The van der Waals surface area contributed by atoms with Crippen LogP contribution in [0.3, 0.4) is 0 Å². The molecule has 1 unspecified atom stereocenters. The van der Waals surface area contributed by atoms with E-state index in [1.165, 1.54) is 0 Å². The molecule has 0 radical (unpaired) electrons. The Labute approximate surface area is 171 Å². The zero-order valence-corrected chi connectivity index (χ0v) is 17.2. The number of morpholine rings is 1. The number of aromatic nitrogens is 2. The molecule has 1 amide bonds. The molecule has 1 aromatic carbocycles. The fraction of sp³-hybridized carbons (Fsp3) is 0.476. The molecule has 8 heteroatoms. The second-order valence-electron chi connectivity index (χ2n) is 6.93. The van der Waals surface area contributed by atoms with E-state index >= 15 is 0 Å². The van der Waals surface area contributed by atoms with Gasteiger partial charge in [-0.1, -0.05) is 12.1 Å². The normalized spacial score (nSPS) is 14.9. The van der Waals surface area contributed by atoms with Gasteiger partial charge in [-0.15, -0.1) is 0 Å². The Morgan fingerprint density at radius 3 is 2.79 bits per heavy atom. The zero-order chi connectivity index (χ0) is 20.6. The average molecular weight is 400 g/mol. The van der Waals surface area contributed by atoms with Gasteiger partial charge in [-0.2, -0.15) is 4.98 Å². The number of carbonyl (C=O) groups excluding carboxylic acids is 1. The average Bonchev–Trinajstić information content (AvgIpc) is 2.71. The molecular weight excluding hydrogens is 372 g/mol.